The first-order valence-corrected chi connectivity index (χ1v) is 5.29. The van der Waals surface area contributed by atoms with Gasteiger partial charge in [-0.05, 0) is 5.56 Å². The van der Waals surface area contributed by atoms with Crippen molar-refractivity contribution in [1.82, 2.24) is 0 Å². The van der Waals surface area contributed by atoms with Crippen molar-refractivity contribution in [2.75, 3.05) is 0 Å². The third kappa shape index (κ3) is 1.95. The van der Waals surface area contributed by atoms with E-state index in [4.69, 9.17) is 4.74 Å². The minimum atomic E-state index is -0.283. The first kappa shape index (κ1) is 10.4. The van der Waals surface area contributed by atoms with Gasteiger partial charge in [-0.25, -0.2) is 0 Å². The Morgan fingerprint density at radius 2 is 2.00 bits per heavy atom. The summed E-state index contributed by atoms with van der Waals surface area (Å²) in [6.07, 6.45) is 0.657. The fourth-order valence-electron chi connectivity index (χ4n) is 1.77. The van der Waals surface area contributed by atoms with E-state index in [0.717, 1.165) is 5.56 Å². The van der Waals surface area contributed by atoms with E-state index in [1.807, 2.05) is 44.2 Å². The molecule has 80 valence electrons. The van der Waals surface area contributed by atoms with Crippen molar-refractivity contribution in [3.8, 4) is 0 Å². The van der Waals surface area contributed by atoms with Gasteiger partial charge < -0.3 is 4.74 Å². The average Bonchev–Trinajstić information content (AvgIpc) is 2.25. The number of Topliss-reactive ketones (excluding diaryl/α,β-unsaturated/α-hetero) is 1. The van der Waals surface area contributed by atoms with Crippen LogP contribution < -0.4 is 0 Å². The first-order valence-electron chi connectivity index (χ1n) is 5.29. The van der Waals surface area contributed by atoms with E-state index >= 15 is 0 Å². The quantitative estimate of drug-likeness (QED) is 0.756. The van der Waals surface area contributed by atoms with Crippen LogP contribution >= 0.6 is 0 Å². The Morgan fingerprint density at radius 1 is 1.33 bits per heavy atom. The van der Waals surface area contributed by atoms with E-state index in [9.17, 15) is 4.79 Å². The topological polar surface area (TPSA) is 26.3 Å². The molecule has 1 saturated carbocycles. The highest BCUT2D eigenvalue weighted by Gasteiger charge is 2.48. The van der Waals surface area contributed by atoms with Crippen LogP contribution in [-0.2, 0) is 16.1 Å². The molecule has 1 aromatic rings. The Morgan fingerprint density at radius 3 is 2.53 bits per heavy atom. The molecule has 1 fully saturated rings. The molecule has 1 aromatic carbocycles. The molecule has 1 atom stereocenters. The molecule has 0 radical (unpaired) electrons. The first-order chi connectivity index (χ1) is 7.10. The summed E-state index contributed by atoms with van der Waals surface area (Å²) in [5.41, 5.74) is 0.877. The molecule has 0 aliphatic heterocycles. The summed E-state index contributed by atoms with van der Waals surface area (Å²) in [7, 11) is 0. The van der Waals surface area contributed by atoms with Crippen LogP contribution in [0.2, 0.25) is 0 Å². The molecular weight excluding hydrogens is 188 g/mol. The van der Waals surface area contributed by atoms with Crippen LogP contribution in [-0.4, -0.2) is 11.9 Å². The van der Waals surface area contributed by atoms with Crippen molar-refractivity contribution in [3.63, 3.8) is 0 Å². The van der Waals surface area contributed by atoms with Crippen LogP contribution in [0, 0.1) is 5.41 Å². The smallest absolute Gasteiger partial charge is 0.143 e. The van der Waals surface area contributed by atoms with E-state index in [1.54, 1.807) is 0 Å². The van der Waals surface area contributed by atoms with Gasteiger partial charge in [-0.2, -0.15) is 0 Å². The lowest BCUT2D eigenvalue weighted by Gasteiger charge is -2.41. The molecule has 0 spiro atoms. The second-order valence-electron chi connectivity index (χ2n) is 4.63. The van der Waals surface area contributed by atoms with Gasteiger partial charge in [0.2, 0.25) is 0 Å². The Balaban J connectivity index is 1.88. The zero-order valence-corrected chi connectivity index (χ0v) is 9.19. The maximum absolute atomic E-state index is 11.3. The third-order valence-electron chi connectivity index (χ3n) is 3.19. The van der Waals surface area contributed by atoms with Gasteiger partial charge in [-0.15, -0.1) is 0 Å². The van der Waals surface area contributed by atoms with Crippen molar-refractivity contribution >= 4 is 5.78 Å². The fourth-order valence-corrected chi connectivity index (χ4v) is 1.77. The van der Waals surface area contributed by atoms with Gasteiger partial charge in [-0.1, -0.05) is 44.2 Å². The summed E-state index contributed by atoms with van der Waals surface area (Å²) >= 11 is 0. The normalized spacial score (nSPS) is 23.6. The average molecular weight is 204 g/mol. The summed E-state index contributed by atoms with van der Waals surface area (Å²) in [6.45, 7) is 4.51. The summed E-state index contributed by atoms with van der Waals surface area (Å²) in [6, 6.07) is 10.0. The molecule has 0 N–H and O–H groups in total. The number of carbonyl (C=O) groups is 1. The zero-order chi connectivity index (χ0) is 10.9. The van der Waals surface area contributed by atoms with Gasteiger partial charge in [-0.3, -0.25) is 4.79 Å². The van der Waals surface area contributed by atoms with Crippen molar-refractivity contribution in [3.05, 3.63) is 35.9 Å². The number of ketones is 1. The Kier molecular flexibility index (Phi) is 2.61. The van der Waals surface area contributed by atoms with Gasteiger partial charge >= 0.3 is 0 Å². The monoisotopic (exact) mass is 204 g/mol. The molecule has 1 unspecified atom stereocenters. The fraction of sp³-hybridized carbons (Fsp3) is 0.462. The summed E-state index contributed by atoms with van der Waals surface area (Å²) in [4.78, 5) is 11.3. The van der Waals surface area contributed by atoms with E-state index in [1.165, 1.54) is 0 Å². The molecule has 1 aliphatic rings. The maximum atomic E-state index is 11.3. The van der Waals surface area contributed by atoms with Crippen molar-refractivity contribution in [2.45, 2.75) is 33.0 Å². The molecular formula is C13H16O2. The number of hydrogen-bond donors (Lipinski definition) is 0. The number of ether oxygens (including phenoxy) is 1. The molecule has 0 aromatic heterocycles. The van der Waals surface area contributed by atoms with Crippen LogP contribution in [0.4, 0.5) is 0 Å². The lowest BCUT2D eigenvalue weighted by Crippen LogP contribution is -2.51. The van der Waals surface area contributed by atoms with Gasteiger partial charge in [0.15, 0.2) is 0 Å². The second-order valence-corrected chi connectivity index (χ2v) is 4.63. The van der Waals surface area contributed by atoms with Crippen LogP contribution in [0.25, 0.3) is 0 Å². The highest BCUT2D eigenvalue weighted by molar-refractivity contribution is 5.91. The highest BCUT2D eigenvalue weighted by Crippen LogP contribution is 2.39. The minimum absolute atomic E-state index is 0.0882. The van der Waals surface area contributed by atoms with E-state index in [-0.39, 0.29) is 11.5 Å². The van der Waals surface area contributed by atoms with Crippen LogP contribution in [0.5, 0.6) is 0 Å². The van der Waals surface area contributed by atoms with Crippen LogP contribution in [0.1, 0.15) is 25.8 Å². The van der Waals surface area contributed by atoms with E-state index in [0.29, 0.717) is 18.8 Å². The standard InChI is InChI=1S/C13H16O2/c1-13(2)11(14)8-12(13)15-9-10-6-4-3-5-7-10/h3-7,12H,8-9H2,1-2H3. The number of carbonyl (C=O) groups excluding carboxylic acids is 1. The van der Waals surface area contributed by atoms with Gasteiger partial charge in [0.05, 0.1) is 18.1 Å². The molecule has 0 saturated heterocycles. The Labute approximate surface area is 90.3 Å². The predicted octanol–water partition coefficient (Wildman–Crippen LogP) is 2.57. The van der Waals surface area contributed by atoms with Gasteiger partial charge in [0, 0.05) is 6.42 Å². The molecule has 2 nitrogen and oxygen atoms in total. The molecule has 2 heteroatoms. The zero-order valence-electron chi connectivity index (χ0n) is 9.19. The van der Waals surface area contributed by atoms with E-state index in [2.05, 4.69) is 0 Å². The summed E-state index contributed by atoms with van der Waals surface area (Å²) in [5.74, 6) is 0.306. The maximum Gasteiger partial charge on any atom is 0.143 e. The van der Waals surface area contributed by atoms with Crippen molar-refractivity contribution < 1.29 is 9.53 Å². The number of hydrogen-bond acceptors (Lipinski definition) is 2. The Bertz CT molecular complexity index is 354. The number of benzene rings is 1. The molecule has 0 heterocycles. The van der Waals surface area contributed by atoms with Crippen LogP contribution in [0.3, 0.4) is 0 Å². The lowest BCUT2D eigenvalue weighted by molar-refractivity contribution is -0.159. The number of rotatable bonds is 3. The third-order valence-corrected chi connectivity index (χ3v) is 3.19. The second kappa shape index (κ2) is 3.78. The van der Waals surface area contributed by atoms with Gasteiger partial charge in [0.25, 0.3) is 0 Å². The predicted molar refractivity (Wildman–Crippen MR) is 58.4 cm³/mol. The van der Waals surface area contributed by atoms with Crippen molar-refractivity contribution in [2.24, 2.45) is 5.41 Å². The molecule has 2 rings (SSSR count). The van der Waals surface area contributed by atoms with E-state index < -0.39 is 0 Å². The highest BCUT2D eigenvalue weighted by atomic mass is 16.5. The molecule has 0 bridgehead atoms. The molecule has 0 amide bonds. The van der Waals surface area contributed by atoms with Gasteiger partial charge in [0.1, 0.15) is 5.78 Å². The Hall–Kier alpha value is -1.15. The minimum Gasteiger partial charge on any atom is -0.372 e. The summed E-state index contributed by atoms with van der Waals surface area (Å²) < 4.78 is 5.73. The lowest BCUT2D eigenvalue weighted by atomic mass is 9.68. The summed E-state index contributed by atoms with van der Waals surface area (Å²) in [5, 5.41) is 0. The SMILES string of the molecule is CC1(C)C(=O)CC1OCc1ccccc1. The molecule has 15 heavy (non-hydrogen) atoms. The van der Waals surface area contributed by atoms with Crippen LogP contribution in [0.15, 0.2) is 30.3 Å². The van der Waals surface area contributed by atoms with Crippen molar-refractivity contribution in [1.29, 1.82) is 0 Å². The largest absolute Gasteiger partial charge is 0.372 e. The molecule has 1 aliphatic carbocycles.